The van der Waals surface area contributed by atoms with Gasteiger partial charge >= 0.3 is 12.1 Å². The number of amides is 1. The minimum Gasteiger partial charge on any atom is -0.327 e. The van der Waals surface area contributed by atoms with E-state index in [-0.39, 0.29) is 13.1 Å². The van der Waals surface area contributed by atoms with Gasteiger partial charge in [-0.2, -0.15) is 13.2 Å². The van der Waals surface area contributed by atoms with Gasteiger partial charge in [0.2, 0.25) is 0 Å². The first-order chi connectivity index (χ1) is 17.2. The molecule has 0 aromatic rings. The molecule has 0 fully saturated rings. The summed E-state index contributed by atoms with van der Waals surface area (Å²) in [5.74, 6) is -1.79. The summed E-state index contributed by atoms with van der Waals surface area (Å²) in [5.41, 5.74) is 7.24. The van der Waals surface area contributed by atoms with Gasteiger partial charge in [0.1, 0.15) is 0 Å². The Bertz CT molecular complexity index is 814. The molecule has 0 spiro atoms. The van der Waals surface area contributed by atoms with Gasteiger partial charge in [-0.3, -0.25) is 4.79 Å². The molecular weight excluding hydrogens is 471 g/mol. The van der Waals surface area contributed by atoms with Crippen molar-refractivity contribution in [2.24, 2.45) is 0 Å². The van der Waals surface area contributed by atoms with Gasteiger partial charge in [-0.15, -0.1) is 0 Å². The third-order valence-electron chi connectivity index (χ3n) is 6.10. The SMILES string of the molecule is CC(C)=CCC/C(C)=C/CC/C(C)=C/CN(C/C=C(\C)CC/C=C(\C)CCC=C(C)C)C(=O)C(F)(F)F. The van der Waals surface area contributed by atoms with Crippen molar-refractivity contribution in [3.05, 3.63) is 69.9 Å². The monoisotopic (exact) mass is 521 g/mol. The first-order valence-corrected chi connectivity index (χ1v) is 13.5. The van der Waals surface area contributed by atoms with Crippen LogP contribution in [0.2, 0.25) is 0 Å². The molecule has 0 radical (unpaired) electrons. The highest BCUT2D eigenvalue weighted by Gasteiger charge is 2.41. The maximum Gasteiger partial charge on any atom is 0.471 e. The smallest absolute Gasteiger partial charge is 0.327 e. The van der Waals surface area contributed by atoms with Crippen molar-refractivity contribution in [2.75, 3.05) is 13.1 Å². The number of halogens is 3. The van der Waals surface area contributed by atoms with Crippen LogP contribution in [0.15, 0.2) is 69.9 Å². The van der Waals surface area contributed by atoms with Crippen LogP contribution in [-0.4, -0.2) is 30.1 Å². The van der Waals surface area contributed by atoms with E-state index in [1.54, 1.807) is 12.2 Å². The van der Waals surface area contributed by atoms with E-state index in [2.05, 4.69) is 65.8 Å². The Morgan fingerprint density at radius 1 is 0.541 bits per heavy atom. The van der Waals surface area contributed by atoms with Crippen molar-refractivity contribution >= 4 is 5.91 Å². The largest absolute Gasteiger partial charge is 0.471 e. The lowest BCUT2D eigenvalue weighted by molar-refractivity contribution is -0.184. The first-order valence-electron chi connectivity index (χ1n) is 13.5. The number of carbonyl (C=O) groups excluding carboxylic acids is 1. The summed E-state index contributed by atoms with van der Waals surface area (Å²) >= 11 is 0. The minimum absolute atomic E-state index is 0.0411. The van der Waals surface area contributed by atoms with Gasteiger partial charge in [0, 0.05) is 13.1 Å². The normalized spacial score (nSPS) is 13.5. The highest BCUT2D eigenvalue weighted by molar-refractivity contribution is 5.82. The van der Waals surface area contributed by atoms with Crippen molar-refractivity contribution in [1.82, 2.24) is 4.90 Å². The molecule has 0 bridgehead atoms. The molecular formula is C32H50F3NO. The number of hydrogen-bond donors (Lipinski definition) is 0. The number of alkyl halides is 3. The van der Waals surface area contributed by atoms with Gasteiger partial charge in [0.15, 0.2) is 0 Å². The molecule has 0 aliphatic rings. The molecule has 0 rings (SSSR count). The lowest BCUT2D eigenvalue weighted by Crippen LogP contribution is -2.41. The molecule has 0 saturated carbocycles. The summed E-state index contributed by atoms with van der Waals surface area (Å²) in [7, 11) is 0. The second kappa shape index (κ2) is 18.9. The first kappa shape index (κ1) is 34.7. The van der Waals surface area contributed by atoms with Gasteiger partial charge in [0.25, 0.3) is 0 Å². The molecule has 0 heterocycles. The summed E-state index contributed by atoms with van der Waals surface area (Å²) in [5, 5.41) is 0. The van der Waals surface area contributed by atoms with E-state index in [9.17, 15) is 18.0 Å². The van der Waals surface area contributed by atoms with Crippen LogP contribution in [-0.2, 0) is 4.79 Å². The quantitative estimate of drug-likeness (QED) is 0.185. The van der Waals surface area contributed by atoms with Gasteiger partial charge in [0.05, 0.1) is 0 Å². The number of rotatable bonds is 16. The Morgan fingerprint density at radius 2 is 0.838 bits per heavy atom. The van der Waals surface area contributed by atoms with E-state index in [4.69, 9.17) is 0 Å². The van der Waals surface area contributed by atoms with Crippen LogP contribution in [0.25, 0.3) is 0 Å². The Morgan fingerprint density at radius 3 is 1.14 bits per heavy atom. The average Bonchev–Trinajstić information content (AvgIpc) is 2.77. The summed E-state index contributed by atoms with van der Waals surface area (Å²) in [4.78, 5) is 12.9. The minimum atomic E-state index is -4.88. The molecule has 2 nitrogen and oxygen atoms in total. The van der Waals surface area contributed by atoms with E-state index < -0.39 is 12.1 Å². The van der Waals surface area contributed by atoms with Crippen molar-refractivity contribution in [2.45, 2.75) is 113 Å². The zero-order valence-corrected chi connectivity index (χ0v) is 24.5. The van der Waals surface area contributed by atoms with E-state index in [0.29, 0.717) is 0 Å². The van der Waals surface area contributed by atoms with E-state index in [1.807, 2.05) is 13.8 Å². The van der Waals surface area contributed by atoms with Crippen molar-refractivity contribution in [1.29, 1.82) is 0 Å². The molecule has 0 aromatic carbocycles. The van der Waals surface area contributed by atoms with Crippen molar-refractivity contribution < 1.29 is 18.0 Å². The lowest BCUT2D eigenvalue weighted by Gasteiger charge is -2.21. The molecule has 0 unspecified atom stereocenters. The summed E-state index contributed by atoms with van der Waals surface area (Å²) in [6.45, 7) is 16.3. The Hall–Kier alpha value is -2.30. The lowest BCUT2D eigenvalue weighted by atomic mass is 10.1. The maximum absolute atomic E-state index is 13.2. The summed E-state index contributed by atoms with van der Waals surface area (Å²) in [6.07, 6.45) is 14.7. The Balaban J connectivity index is 4.94. The van der Waals surface area contributed by atoms with Gasteiger partial charge in [-0.1, -0.05) is 69.9 Å². The second-order valence-corrected chi connectivity index (χ2v) is 10.6. The molecule has 5 heteroatoms. The molecule has 210 valence electrons. The van der Waals surface area contributed by atoms with E-state index in [0.717, 1.165) is 67.4 Å². The molecule has 0 aliphatic carbocycles. The van der Waals surface area contributed by atoms with Crippen molar-refractivity contribution in [3.8, 4) is 0 Å². The molecule has 1 amide bonds. The number of allylic oxidation sites excluding steroid dienone is 10. The topological polar surface area (TPSA) is 20.3 Å². The van der Waals surface area contributed by atoms with Crippen LogP contribution >= 0.6 is 0 Å². The molecule has 0 N–H and O–H groups in total. The molecule has 0 aromatic heterocycles. The fraction of sp³-hybridized carbons (Fsp3) is 0.594. The third-order valence-corrected chi connectivity index (χ3v) is 6.10. The van der Waals surface area contributed by atoms with Gasteiger partial charge < -0.3 is 4.90 Å². The van der Waals surface area contributed by atoms with Crippen molar-refractivity contribution in [3.63, 3.8) is 0 Å². The Labute approximate surface area is 224 Å². The van der Waals surface area contributed by atoms with E-state index >= 15 is 0 Å². The highest BCUT2D eigenvalue weighted by atomic mass is 19.4. The second-order valence-electron chi connectivity index (χ2n) is 10.6. The average molecular weight is 522 g/mol. The molecule has 0 aliphatic heterocycles. The van der Waals surface area contributed by atoms with E-state index in [1.165, 1.54) is 22.3 Å². The zero-order valence-electron chi connectivity index (χ0n) is 24.5. The zero-order chi connectivity index (χ0) is 28.4. The van der Waals surface area contributed by atoms with Crippen LogP contribution in [0.3, 0.4) is 0 Å². The highest BCUT2D eigenvalue weighted by Crippen LogP contribution is 2.20. The summed E-state index contributed by atoms with van der Waals surface area (Å²) in [6, 6.07) is 0. The predicted octanol–water partition coefficient (Wildman–Crippen LogP) is 10.2. The molecule has 0 atom stereocenters. The predicted molar refractivity (Wildman–Crippen MR) is 153 cm³/mol. The number of carbonyl (C=O) groups is 1. The standard InChI is InChI=1S/C32H50F3NO/c1-25(2)13-9-15-27(5)17-11-19-29(7)21-23-36(31(37)32(33,34)35)24-22-30(8)20-12-18-28(6)16-10-14-26(3)4/h13-14,17-18,21-22H,9-12,15-16,19-20,23-24H2,1-8H3/b27-17+,28-18+,29-21+,30-22+. The van der Waals surface area contributed by atoms with Crippen LogP contribution in [0.5, 0.6) is 0 Å². The number of hydrogen-bond acceptors (Lipinski definition) is 1. The van der Waals surface area contributed by atoms with Gasteiger partial charge in [-0.05, 0) is 107 Å². The Kier molecular flexibility index (Phi) is 17.7. The fourth-order valence-corrected chi connectivity index (χ4v) is 3.63. The van der Waals surface area contributed by atoms with Gasteiger partial charge in [-0.25, -0.2) is 0 Å². The van der Waals surface area contributed by atoms with Crippen LogP contribution in [0.1, 0.15) is 107 Å². The number of nitrogens with zero attached hydrogens (tertiary/aromatic N) is 1. The van der Waals surface area contributed by atoms with Crippen LogP contribution < -0.4 is 0 Å². The third kappa shape index (κ3) is 19.5. The van der Waals surface area contributed by atoms with Crippen LogP contribution in [0, 0.1) is 0 Å². The molecule has 37 heavy (non-hydrogen) atoms. The molecule has 0 saturated heterocycles. The maximum atomic E-state index is 13.2. The summed E-state index contributed by atoms with van der Waals surface area (Å²) < 4.78 is 39.5. The van der Waals surface area contributed by atoms with Crippen LogP contribution in [0.4, 0.5) is 13.2 Å². The fourth-order valence-electron chi connectivity index (χ4n) is 3.63.